The van der Waals surface area contributed by atoms with E-state index in [9.17, 15) is 9.18 Å². The van der Waals surface area contributed by atoms with Crippen LogP contribution in [-0.4, -0.2) is 53.0 Å². The van der Waals surface area contributed by atoms with Gasteiger partial charge in [-0.1, -0.05) is 19.1 Å². The van der Waals surface area contributed by atoms with E-state index >= 15 is 0 Å². The number of carbonyl (C=O) groups excluding carboxylic acids is 1. The molecule has 1 amide bonds. The minimum atomic E-state index is -0.234. The number of rotatable bonds is 5. The van der Waals surface area contributed by atoms with Gasteiger partial charge >= 0.3 is 0 Å². The van der Waals surface area contributed by atoms with E-state index < -0.39 is 0 Å². The van der Waals surface area contributed by atoms with E-state index in [2.05, 4.69) is 29.1 Å². The van der Waals surface area contributed by atoms with Gasteiger partial charge in [0.1, 0.15) is 17.3 Å². The normalized spacial score (nSPS) is 15.7. The minimum absolute atomic E-state index is 0.138. The first-order chi connectivity index (χ1) is 12.6. The summed E-state index contributed by atoms with van der Waals surface area (Å²) in [5.41, 5.74) is 0.916. The van der Waals surface area contributed by atoms with Crippen molar-refractivity contribution in [2.45, 2.75) is 26.3 Å². The molecule has 0 spiro atoms. The van der Waals surface area contributed by atoms with Crippen molar-refractivity contribution in [3.05, 3.63) is 48.2 Å². The molecule has 2 heterocycles. The molecule has 1 N–H and O–H groups in total. The first-order valence-corrected chi connectivity index (χ1v) is 8.95. The third-order valence-corrected chi connectivity index (χ3v) is 4.64. The maximum atomic E-state index is 13.9. The molecule has 1 aromatic carbocycles. The summed E-state index contributed by atoms with van der Waals surface area (Å²) in [5.74, 6) is 0.295. The first kappa shape index (κ1) is 18.1. The van der Waals surface area contributed by atoms with Crippen molar-refractivity contribution in [2.75, 3.05) is 36.4 Å². The molecule has 0 bridgehead atoms. The zero-order valence-electron chi connectivity index (χ0n) is 15.2. The lowest BCUT2D eigenvalue weighted by Crippen LogP contribution is -2.49. The predicted octanol–water partition coefficient (Wildman–Crippen LogP) is 2.79. The first-order valence-electron chi connectivity index (χ1n) is 8.95. The number of anilines is 2. The molecule has 138 valence electrons. The molecule has 0 saturated carbocycles. The van der Waals surface area contributed by atoms with Crippen molar-refractivity contribution in [2.24, 2.45) is 0 Å². The number of amides is 1. The fraction of sp³-hybridized carbons (Fsp3) is 0.421. The molecule has 7 heteroatoms. The van der Waals surface area contributed by atoms with Gasteiger partial charge in [0.15, 0.2) is 0 Å². The highest BCUT2D eigenvalue weighted by molar-refractivity contribution is 5.92. The third-order valence-electron chi connectivity index (χ3n) is 4.64. The molecule has 1 unspecified atom stereocenters. The molecule has 1 saturated heterocycles. The number of aromatic nitrogens is 2. The summed E-state index contributed by atoms with van der Waals surface area (Å²) in [7, 11) is 0. The summed E-state index contributed by atoms with van der Waals surface area (Å²) in [6, 6.07) is 7.02. The number of para-hydroxylation sites is 1. The third kappa shape index (κ3) is 4.09. The van der Waals surface area contributed by atoms with E-state index in [4.69, 9.17) is 0 Å². The molecule has 1 aliphatic rings. The van der Waals surface area contributed by atoms with E-state index in [-0.39, 0.29) is 11.7 Å². The van der Waals surface area contributed by atoms with E-state index in [0.29, 0.717) is 49.4 Å². The number of halogens is 1. The molecule has 1 atom stereocenters. The highest BCUT2D eigenvalue weighted by atomic mass is 19.1. The summed E-state index contributed by atoms with van der Waals surface area (Å²) in [6.07, 6.45) is 4.08. The van der Waals surface area contributed by atoms with Gasteiger partial charge < -0.3 is 15.1 Å². The zero-order chi connectivity index (χ0) is 18.5. The molecule has 0 radical (unpaired) electrons. The van der Waals surface area contributed by atoms with E-state index in [1.165, 1.54) is 12.3 Å². The van der Waals surface area contributed by atoms with Crippen LogP contribution in [0, 0.1) is 5.82 Å². The van der Waals surface area contributed by atoms with Gasteiger partial charge in [0.25, 0.3) is 5.91 Å². The quantitative estimate of drug-likeness (QED) is 0.892. The topological polar surface area (TPSA) is 61.4 Å². The van der Waals surface area contributed by atoms with Crippen LogP contribution in [0.5, 0.6) is 0 Å². The molecule has 2 aromatic rings. The Morgan fingerprint density at radius 3 is 2.54 bits per heavy atom. The Balaban J connectivity index is 1.59. The Labute approximate surface area is 153 Å². The van der Waals surface area contributed by atoms with Gasteiger partial charge in [0, 0.05) is 32.2 Å². The highest BCUT2D eigenvalue weighted by Crippen LogP contribution is 2.20. The Morgan fingerprint density at radius 1 is 1.19 bits per heavy atom. The summed E-state index contributed by atoms with van der Waals surface area (Å²) >= 11 is 0. The van der Waals surface area contributed by atoms with Crippen molar-refractivity contribution >= 4 is 17.4 Å². The average Bonchev–Trinajstić information content (AvgIpc) is 2.68. The molecule has 0 aliphatic carbocycles. The van der Waals surface area contributed by atoms with Crippen LogP contribution in [0.25, 0.3) is 0 Å². The Bertz CT molecular complexity index is 744. The molecule has 6 nitrogen and oxygen atoms in total. The van der Waals surface area contributed by atoms with E-state index in [1.807, 2.05) is 11.0 Å². The second kappa shape index (κ2) is 8.12. The van der Waals surface area contributed by atoms with Crippen LogP contribution >= 0.6 is 0 Å². The van der Waals surface area contributed by atoms with Crippen LogP contribution in [0.1, 0.15) is 30.8 Å². The van der Waals surface area contributed by atoms with Crippen LogP contribution < -0.4 is 10.2 Å². The largest absolute Gasteiger partial charge is 0.366 e. The molecule has 3 rings (SSSR count). The number of nitrogens with zero attached hydrogens (tertiary/aromatic N) is 4. The fourth-order valence-corrected chi connectivity index (χ4v) is 2.89. The zero-order valence-corrected chi connectivity index (χ0v) is 15.2. The minimum Gasteiger partial charge on any atom is -0.366 e. The standard InChI is InChI=1S/C19H24FN5O/c1-3-14(2)23-18-13-21-16(12-22-18)19(26)25-10-8-24(9-11-25)17-7-5-4-6-15(17)20/h4-7,12-14H,3,8-11H2,1-2H3,(H,22,23). The van der Waals surface area contributed by atoms with E-state index in [0.717, 1.165) is 6.42 Å². The van der Waals surface area contributed by atoms with Gasteiger partial charge in [0.05, 0.1) is 18.1 Å². The maximum absolute atomic E-state index is 13.9. The van der Waals surface area contributed by atoms with Crippen molar-refractivity contribution < 1.29 is 9.18 Å². The number of hydrogen-bond acceptors (Lipinski definition) is 5. The van der Waals surface area contributed by atoms with E-state index in [1.54, 1.807) is 23.2 Å². The van der Waals surface area contributed by atoms with Gasteiger partial charge in [-0.25, -0.2) is 14.4 Å². The monoisotopic (exact) mass is 357 g/mol. The van der Waals surface area contributed by atoms with Crippen molar-refractivity contribution in [3.63, 3.8) is 0 Å². The molecule has 26 heavy (non-hydrogen) atoms. The highest BCUT2D eigenvalue weighted by Gasteiger charge is 2.24. The lowest BCUT2D eigenvalue weighted by atomic mass is 10.2. The lowest BCUT2D eigenvalue weighted by molar-refractivity contribution is 0.0740. The van der Waals surface area contributed by atoms with Gasteiger partial charge in [-0.3, -0.25) is 4.79 Å². The molecular weight excluding hydrogens is 333 g/mol. The molecule has 1 fully saturated rings. The van der Waals surface area contributed by atoms with Crippen LogP contribution in [0.15, 0.2) is 36.7 Å². The number of benzene rings is 1. The van der Waals surface area contributed by atoms with Gasteiger partial charge in [0.2, 0.25) is 0 Å². The average molecular weight is 357 g/mol. The van der Waals surface area contributed by atoms with Crippen molar-refractivity contribution in [1.82, 2.24) is 14.9 Å². The molecule has 1 aliphatic heterocycles. The SMILES string of the molecule is CCC(C)Nc1cnc(C(=O)N2CCN(c3ccccc3F)CC2)cn1. The van der Waals surface area contributed by atoms with Crippen LogP contribution in [-0.2, 0) is 0 Å². The second-order valence-corrected chi connectivity index (χ2v) is 6.47. The number of carbonyl (C=O) groups is 1. The molecular formula is C19H24FN5O. The fourth-order valence-electron chi connectivity index (χ4n) is 2.89. The number of piperazine rings is 1. The van der Waals surface area contributed by atoms with Gasteiger partial charge in [-0.05, 0) is 25.5 Å². The number of nitrogens with one attached hydrogen (secondary N) is 1. The van der Waals surface area contributed by atoms with Crippen LogP contribution in [0.2, 0.25) is 0 Å². The number of hydrogen-bond donors (Lipinski definition) is 1. The second-order valence-electron chi connectivity index (χ2n) is 6.47. The van der Waals surface area contributed by atoms with Gasteiger partial charge in [-0.2, -0.15) is 0 Å². The predicted molar refractivity (Wildman–Crippen MR) is 99.9 cm³/mol. The summed E-state index contributed by atoms with van der Waals surface area (Å²) < 4.78 is 13.9. The van der Waals surface area contributed by atoms with Crippen LogP contribution in [0.4, 0.5) is 15.9 Å². The Morgan fingerprint density at radius 2 is 1.92 bits per heavy atom. The summed E-state index contributed by atoms with van der Waals surface area (Å²) in [5, 5.41) is 3.23. The lowest BCUT2D eigenvalue weighted by Gasteiger charge is -2.36. The summed E-state index contributed by atoms with van der Waals surface area (Å²) in [4.78, 5) is 24.8. The van der Waals surface area contributed by atoms with Gasteiger partial charge in [-0.15, -0.1) is 0 Å². The Kier molecular flexibility index (Phi) is 5.65. The van der Waals surface area contributed by atoms with Crippen LogP contribution in [0.3, 0.4) is 0 Å². The Hall–Kier alpha value is -2.70. The molecule has 1 aromatic heterocycles. The maximum Gasteiger partial charge on any atom is 0.274 e. The van der Waals surface area contributed by atoms with Crippen molar-refractivity contribution in [3.8, 4) is 0 Å². The van der Waals surface area contributed by atoms with Crippen molar-refractivity contribution in [1.29, 1.82) is 0 Å². The summed E-state index contributed by atoms with van der Waals surface area (Å²) in [6.45, 7) is 6.39. The smallest absolute Gasteiger partial charge is 0.274 e.